The van der Waals surface area contributed by atoms with Crippen LogP contribution >= 0.6 is 11.6 Å². The van der Waals surface area contributed by atoms with Gasteiger partial charge >= 0.3 is 0 Å². The van der Waals surface area contributed by atoms with Crippen LogP contribution in [-0.2, 0) is 11.3 Å². The second kappa shape index (κ2) is 8.32. The summed E-state index contributed by atoms with van der Waals surface area (Å²) in [4.78, 5) is 17.0. The lowest BCUT2D eigenvalue weighted by Gasteiger charge is -2.15. The van der Waals surface area contributed by atoms with E-state index in [1.807, 2.05) is 67.7 Å². The minimum atomic E-state index is -0.101. The Balaban J connectivity index is 1.47. The first-order chi connectivity index (χ1) is 14.1. The van der Waals surface area contributed by atoms with E-state index in [1.54, 1.807) is 16.7 Å². The number of nitrogens with one attached hydrogen (secondary N) is 1. The molecule has 1 amide bonds. The van der Waals surface area contributed by atoms with Crippen LogP contribution in [0.4, 0.5) is 0 Å². The van der Waals surface area contributed by atoms with Crippen LogP contribution in [0.1, 0.15) is 18.5 Å². The van der Waals surface area contributed by atoms with E-state index in [0.717, 1.165) is 11.1 Å². The second-order valence-corrected chi connectivity index (χ2v) is 7.09. The van der Waals surface area contributed by atoms with E-state index >= 15 is 0 Å². The van der Waals surface area contributed by atoms with Crippen LogP contribution in [0.3, 0.4) is 0 Å². The van der Waals surface area contributed by atoms with Crippen LogP contribution in [0.2, 0.25) is 5.02 Å². The van der Waals surface area contributed by atoms with Gasteiger partial charge in [-0.05, 0) is 48.9 Å². The van der Waals surface area contributed by atoms with Crippen LogP contribution in [0.5, 0.6) is 0 Å². The van der Waals surface area contributed by atoms with E-state index in [1.165, 1.54) is 0 Å². The first-order valence-corrected chi connectivity index (χ1v) is 9.57. The first kappa shape index (κ1) is 19.0. The number of hydrogen-bond acceptors (Lipinski definition) is 4. The highest BCUT2D eigenvalue weighted by Crippen LogP contribution is 2.24. The van der Waals surface area contributed by atoms with Gasteiger partial charge in [0.2, 0.25) is 11.7 Å². The molecule has 146 valence electrons. The largest absolute Gasteiger partial charge is 0.348 e. The molecule has 2 heterocycles. The van der Waals surface area contributed by atoms with Gasteiger partial charge in [0.05, 0.1) is 6.04 Å². The zero-order valence-electron chi connectivity index (χ0n) is 15.7. The Morgan fingerprint density at radius 2 is 1.86 bits per heavy atom. The highest BCUT2D eigenvalue weighted by Gasteiger charge is 2.16. The summed E-state index contributed by atoms with van der Waals surface area (Å²) in [6, 6.07) is 20.6. The van der Waals surface area contributed by atoms with Gasteiger partial charge in [0.15, 0.2) is 0 Å². The molecule has 0 bridgehead atoms. The Hall–Kier alpha value is -3.38. The zero-order valence-corrected chi connectivity index (χ0v) is 16.5. The molecule has 4 rings (SSSR count). The van der Waals surface area contributed by atoms with Crippen LogP contribution < -0.4 is 5.32 Å². The quantitative estimate of drug-likeness (QED) is 0.502. The van der Waals surface area contributed by atoms with E-state index in [2.05, 4.69) is 15.5 Å². The molecule has 6 nitrogen and oxygen atoms in total. The topological polar surface area (TPSA) is 73.0 Å². The predicted octanol–water partition coefficient (Wildman–Crippen LogP) is 4.74. The molecular weight excluding hydrogens is 388 g/mol. The van der Waals surface area contributed by atoms with E-state index < -0.39 is 0 Å². The molecule has 2 aromatic heterocycles. The van der Waals surface area contributed by atoms with Crippen molar-refractivity contribution in [2.24, 2.45) is 0 Å². The van der Waals surface area contributed by atoms with Gasteiger partial charge in [-0.3, -0.25) is 4.79 Å². The summed E-state index contributed by atoms with van der Waals surface area (Å²) in [5.41, 5.74) is 2.54. The highest BCUT2D eigenvalue weighted by atomic mass is 35.5. The first-order valence-electron chi connectivity index (χ1n) is 9.19. The monoisotopic (exact) mass is 406 g/mol. The smallest absolute Gasteiger partial charge is 0.274 e. The Labute approximate surface area is 173 Å². The lowest BCUT2D eigenvalue weighted by Crippen LogP contribution is -2.30. The van der Waals surface area contributed by atoms with E-state index in [9.17, 15) is 4.79 Å². The normalized spacial score (nSPS) is 11.9. The summed E-state index contributed by atoms with van der Waals surface area (Å²) < 4.78 is 7.20. The number of hydrogen-bond donors (Lipinski definition) is 1. The minimum absolute atomic E-state index is 0.0809. The number of carbonyl (C=O) groups is 1. The van der Waals surface area contributed by atoms with Crippen molar-refractivity contribution in [3.05, 3.63) is 83.5 Å². The molecule has 0 aliphatic carbocycles. The summed E-state index contributed by atoms with van der Waals surface area (Å²) in [6.45, 7) is 2.11. The van der Waals surface area contributed by atoms with Gasteiger partial charge in [-0.25, -0.2) is 0 Å². The molecular formula is C22H19ClN4O2. The van der Waals surface area contributed by atoms with Crippen LogP contribution in [-0.4, -0.2) is 20.6 Å². The van der Waals surface area contributed by atoms with Crippen LogP contribution in [0.25, 0.3) is 23.0 Å². The average Bonchev–Trinajstić information content (AvgIpc) is 3.38. The molecule has 0 aliphatic heterocycles. The SMILES string of the molecule is C[C@H](NC(=O)Cn1cccc1-c1nc(-c2ccc(Cl)cc2)no1)c1ccccc1. The number of amides is 1. The number of aromatic nitrogens is 3. The third kappa shape index (κ3) is 4.38. The fraction of sp³-hybridized carbons (Fsp3) is 0.136. The number of carbonyl (C=O) groups excluding carboxylic acids is 1. The Morgan fingerprint density at radius 3 is 2.62 bits per heavy atom. The average molecular weight is 407 g/mol. The van der Waals surface area contributed by atoms with Gasteiger partial charge < -0.3 is 14.4 Å². The molecule has 0 radical (unpaired) electrons. The molecule has 7 heteroatoms. The van der Waals surface area contributed by atoms with E-state index in [0.29, 0.717) is 22.4 Å². The van der Waals surface area contributed by atoms with Gasteiger partial charge in [-0.2, -0.15) is 4.98 Å². The molecule has 0 unspecified atom stereocenters. The molecule has 0 saturated heterocycles. The van der Waals surface area contributed by atoms with Crippen molar-refractivity contribution in [3.8, 4) is 23.0 Å². The minimum Gasteiger partial charge on any atom is -0.348 e. The van der Waals surface area contributed by atoms with E-state index in [-0.39, 0.29) is 18.5 Å². The maximum absolute atomic E-state index is 12.5. The Kier molecular flexibility index (Phi) is 5.44. The molecule has 2 aromatic carbocycles. The highest BCUT2D eigenvalue weighted by molar-refractivity contribution is 6.30. The maximum Gasteiger partial charge on any atom is 0.274 e. The van der Waals surface area contributed by atoms with Gasteiger partial charge in [-0.15, -0.1) is 0 Å². The van der Waals surface area contributed by atoms with Crippen molar-refractivity contribution >= 4 is 17.5 Å². The van der Waals surface area contributed by atoms with E-state index in [4.69, 9.17) is 16.1 Å². The fourth-order valence-electron chi connectivity index (χ4n) is 3.06. The summed E-state index contributed by atoms with van der Waals surface area (Å²) in [6.07, 6.45) is 1.81. The predicted molar refractivity (Wildman–Crippen MR) is 111 cm³/mol. The van der Waals surface area contributed by atoms with Gasteiger partial charge in [-0.1, -0.05) is 47.1 Å². The van der Waals surface area contributed by atoms with Crippen molar-refractivity contribution in [3.63, 3.8) is 0 Å². The van der Waals surface area contributed by atoms with Crippen LogP contribution in [0, 0.1) is 0 Å². The lowest BCUT2D eigenvalue weighted by atomic mass is 10.1. The third-order valence-corrected chi connectivity index (χ3v) is 4.82. The summed E-state index contributed by atoms with van der Waals surface area (Å²) >= 11 is 5.92. The summed E-state index contributed by atoms with van der Waals surface area (Å²) in [5.74, 6) is 0.715. The van der Waals surface area contributed by atoms with Crippen molar-refractivity contribution in [1.29, 1.82) is 0 Å². The molecule has 0 saturated carbocycles. The number of benzene rings is 2. The van der Waals surface area contributed by atoms with Crippen molar-refractivity contribution in [2.75, 3.05) is 0 Å². The van der Waals surface area contributed by atoms with Crippen molar-refractivity contribution in [1.82, 2.24) is 20.0 Å². The molecule has 0 spiro atoms. The number of halogens is 1. The Morgan fingerprint density at radius 1 is 1.10 bits per heavy atom. The third-order valence-electron chi connectivity index (χ3n) is 4.57. The molecule has 4 aromatic rings. The maximum atomic E-state index is 12.5. The van der Waals surface area contributed by atoms with Crippen LogP contribution in [0.15, 0.2) is 77.4 Å². The fourth-order valence-corrected chi connectivity index (χ4v) is 3.18. The number of nitrogens with zero attached hydrogens (tertiary/aromatic N) is 3. The lowest BCUT2D eigenvalue weighted by molar-refractivity contribution is -0.122. The summed E-state index contributed by atoms with van der Waals surface area (Å²) in [5, 5.41) is 7.69. The molecule has 0 aliphatic rings. The second-order valence-electron chi connectivity index (χ2n) is 6.65. The van der Waals surface area contributed by atoms with Gasteiger partial charge in [0.25, 0.3) is 5.89 Å². The number of rotatable bonds is 6. The molecule has 1 N–H and O–H groups in total. The summed E-state index contributed by atoms with van der Waals surface area (Å²) in [7, 11) is 0. The molecule has 0 fully saturated rings. The Bertz CT molecular complexity index is 1100. The molecule has 29 heavy (non-hydrogen) atoms. The zero-order chi connectivity index (χ0) is 20.2. The van der Waals surface area contributed by atoms with Gasteiger partial charge in [0.1, 0.15) is 12.2 Å². The molecule has 1 atom stereocenters. The van der Waals surface area contributed by atoms with Crippen molar-refractivity contribution in [2.45, 2.75) is 19.5 Å². The standard InChI is InChI=1S/C22H19ClN4O2/c1-15(16-6-3-2-4-7-16)24-20(28)14-27-13-5-8-19(27)22-25-21(26-29-22)17-9-11-18(23)12-10-17/h2-13,15H,14H2,1H3,(H,24,28)/t15-/m0/s1. The van der Waals surface area contributed by atoms with Crippen molar-refractivity contribution < 1.29 is 9.32 Å². The van der Waals surface area contributed by atoms with Gasteiger partial charge in [0, 0.05) is 16.8 Å².